The molecule has 0 saturated carbocycles. The maximum Gasteiger partial charge on any atom is 0.251 e. The topological polar surface area (TPSA) is 12.5 Å². The van der Waals surface area contributed by atoms with Gasteiger partial charge < -0.3 is 4.74 Å². The highest BCUT2D eigenvalue weighted by Gasteiger charge is 2.23. The first kappa shape index (κ1) is 9.86. The standard InChI is InChI=1S/C8H15F2NO/c1-6-3-11(5-8(9)10)4-7(2)12-6/h6-8H,3-5H2,1-2H3/t6-,7+. The molecular formula is C8H15F2NO. The van der Waals surface area contributed by atoms with Crippen molar-refractivity contribution in [3.63, 3.8) is 0 Å². The van der Waals surface area contributed by atoms with Crippen LogP contribution in [0.2, 0.25) is 0 Å². The summed E-state index contributed by atoms with van der Waals surface area (Å²) in [7, 11) is 0. The van der Waals surface area contributed by atoms with Gasteiger partial charge in [0.25, 0.3) is 6.43 Å². The minimum absolute atomic E-state index is 0.0764. The molecule has 4 heteroatoms. The zero-order valence-corrected chi connectivity index (χ0v) is 7.46. The summed E-state index contributed by atoms with van der Waals surface area (Å²) in [6.45, 7) is 4.93. The Morgan fingerprint density at radius 1 is 1.33 bits per heavy atom. The lowest BCUT2D eigenvalue weighted by Gasteiger charge is -2.34. The zero-order valence-electron chi connectivity index (χ0n) is 7.46. The lowest BCUT2D eigenvalue weighted by molar-refractivity contribution is -0.0792. The van der Waals surface area contributed by atoms with E-state index in [1.807, 2.05) is 13.8 Å². The summed E-state index contributed by atoms with van der Waals surface area (Å²) >= 11 is 0. The molecule has 1 fully saturated rings. The van der Waals surface area contributed by atoms with E-state index < -0.39 is 6.43 Å². The number of ether oxygens (including phenoxy) is 1. The molecule has 2 nitrogen and oxygen atoms in total. The van der Waals surface area contributed by atoms with Gasteiger partial charge in [-0.1, -0.05) is 0 Å². The Morgan fingerprint density at radius 3 is 2.25 bits per heavy atom. The van der Waals surface area contributed by atoms with Gasteiger partial charge in [0.2, 0.25) is 0 Å². The molecule has 0 spiro atoms. The van der Waals surface area contributed by atoms with E-state index in [1.54, 1.807) is 4.90 Å². The highest BCUT2D eigenvalue weighted by atomic mass is 19.3. The van der Waals surface area contributed by atoms with E-state index in [2.05, 4.69) is 0 Å². The second-order valence-electron chi connectivity index (χ2n) is 3.37. The normalized spacial score (nSPS) is 32.8. The summed E-state index contributed by atoms with van der Waals surface area (Å²) < 4.78 is 29.4. The Morgan fingerprint density at radius 2 is 1.83 bits per heavy atom. The maximum absolute atomic E-state index is 12.0. The van der Waals surface area contributed by atoms with Gasteiger partial charge in [0.05, 0.1) is 18.8 Å². The number of hydrogen-bond donors (Lipinski definition) is 0. The summed E-state index contributed by atoms with van der Waals surface area (Å²) in [6.07, 6.45) is -2.08. The molecule has 1 aliphatic heterocycles. The summed E-state index contributed by atoms with van der Waals surface area (Å²) in [6, 6.07) is 0. The van der Waals surface area contributed by atoms with Crippen LogP contribution in [0.5, 0.6) is 0 Å². The van der Waals surface area contributed by atoms with Gasteiger partial charge in [-0.3, -0.25) is 4.90 Å². The summed E-state index contributed by atoms with van der Waals surface area (Å²) in [5.41, 5.74) is 0. The molecular weight excluding hydrogens is 164 g/mol. The van der Waals surface area contributed by atoms with Crippen LogP contribution in [0.3, 0.4) is 0 Å². The second-order valence-corrected chi connectivity index (χ2v) is 3.37. The van der Waals surface area contributed by atoms with Crippen molar-refractivity contribution < 1.29 is 13.5 Å². The molecule has 0 aromatic rings. The van der Waals surface area contributed by atoms with Crippen LogP contribution >= 0.6 is 0 Å². The van der Waals surface area contributed by atoms with Gasteiger partial charge in [0, 0.05) is 13.1 Å². The SMILES string of the molecule is C[C@@H]1CN(CC(F)F)C[C@H](C)O1. The monoisotopic (exact) mass is 179 g/mol. The van der Waals surface area contributed by atoms with E-state index in [1.165, 1.54) is 0 Å². The number of alkyl halides is 2. The highest BCUT2D eigenvalue weighted by Crippen LogP contribution is 2.11. The lowest BCUT2D eigenvalue weighted by atomic mass is 10.2. The van der Waals surface area contributed by atoms with Crippen LogP contribution in [-0.2, 0) is 4.74 Å². The molecule has 0 unspecified atom stereocenters. The lowest BCUT2D eigenvalue weighted by Crippen LogP contribution is -2.46. The second kappa shape index (κ2) is 4.14. The van der Waals surface area contributed by atoms with E-state index in [0.717, 1.165) is 0 Å². The minimum Gasteiger partial charge on any atom is -0.373 e. The molecule has 1 saturated heterocycles. The molecule has 2 atom stereocenters. The van der Waals surface area contributed by atoms with Crippen LogP contribution in [0.1, 0.15) is 13.8 Å². The summed E-state index contributed by atoms with van der Waals surface area (Å²) in [5.74, 6) is 0. The molecule has 0 amide bonds. The van der Waals surface area contributed by atoms with Crippen molar-refractivity contribution in [2.45, 2.75) is 32.5 Å². The fraction of sp³-hybridized carbons (Fsp3) is 1.00. The predicted molar refractivity (Wildman–Crippen MR) is 42.5 cm³/mol. The molecule has 0 aliphatic carbocycles. The largest absolute Gasteiger partial charge is 0.373 e. The van der Waals surface area contributed by atoms with Crippen LogP contribution in [0.4, 0.5) is 8.78 Å². The number of morpholine rings is 1. The average Bonchev–Trinajstić information content (AvgIpc) is 1.81. The van der Waals surface area contributed by atoms with Gasteiger partial charge in [-0.15, -0.1) is 0 Å². The van der Waals surface area contributed by atoms with Crippen molar-refractivity contribution >= 4 is 0 Å². The number of rotatable bonds is 2. The van der Waals surface area contributed by atoms with E-state index >= 15 is 0 Å². The van der Waals surface area contributed by atoms with E-state index in [0.29, 0.717) is 13.1 Å². The van der Waals surface area contributed by atoms with Crippen LogP contribution in [0.25, 0.3) is 0 Å². The van der Waals surface area contributed by atoms with Gasteiger partial charge in [0.1, 0.15) is 0 Å². The fourth-order valence-corrected chi connectivity index (χ4v) is 1.63. The van der Waals surface area contributed by atoms with E-state index in [9.17, 15) is 8.78 Å². The van der Waals surface area contributed by atoms with Crippen molar-refractivity contribution in [2.24, 2.45) is 0 Å². The Labute approximate surface area is 71.5 Å². The first-order chi connectivity index (χ1) is 5.58. The molecule has 0 N–H and O–H groups in total. The van der Waals surface area contributed by atoms with Crippen molar-refractivity contribution in [3.05, 3.63) is 0 Å². The average molecular weight is 179 g/mol. The molecule has 0 bridgehead atoms. The van der Waals surface area contributed by atoms with Crippen molar-refractivity contribution in [1.29, 1.82) is 0 Å². The zero-order chi connectivity index (χ0) is 9.14. The van der Waals surface area contributed by atoms with Crippen LogP contribution in [0.15, 0.2) is 0 Å². The van der Waals surface area contributed by atoms with Crippen LogP contribution < -0.4 is 0 Å². The molecule has 0 aromatic heterocycles. The van der Waals surface area contributed by atoms with Gasteiger partial charge in [-0.2, -0.15) is 0 Å². The number of halogens is 2. The third-order valence-electron chi connectivity index (χ3n) is 1.89. The molecule has 1 aliphatic rings. The first-order valence-corrected chi connectivity index (χ1v) is 4.24. The molecule has 1 rings (SSSR count). The van der Waals surface area contributed by atoms with Crippen molar-refractivity contribution in [3.8, 4) is 0 Å². The fourth-order valence-electron chi connectivity index (χ4n) is 1.63. The third-order valence-corrected chi connectivity index (χ3v) is 1.89. The molecule has 12 heavy (non-hydrogen) atoms. The minimum atomic E-state index is -2.23. The number of nitrogens with zero attached hydrogens (tertiary/aromatic N) is 1. The van der Waals surface area contributed by atoms with Crippen molar-refractivity contribution in [1.82, 2.24) is 4.90 Å². The Bertz CT molecular complexity index is 130. The Balaban J connectivity index is 2.34. The first-order valence-electron chi connectivity index (χ1n) is 4.24. The molecule has 72 valence electrons. The van der Waals surface area contributed by atoms with Crippen LogP contribution in [0, 0.1) is 0 Å². The van der Waals surface area contributed by atoms with E-state index in [4.69, 9.17) is 4.74 Å². The predicted octanol–water partition coefficient (Wildman–Crippen LogP) is 1.36. The molecule has 1 heterocycles. The highest BCUT2D eigenvalue weighted by molar-refractivity contribution is 4.73. The molecule has 0 radical (unpaired) electrons. The van der Waals surface area contributed by atoms with Crippen LogP contribution in [-0.4, -0.2) is 43.2 Å². The third kappa shape index (κ3) is 3.03. The number of hydrogen-bond acceptors (Lipinski definition) is 2. The Hall–Kier alpha value is -0.220. The summed E-state index contributed by atoms with van der Waals surface area (Å²) in [5, 5.41) is 0. The van der Waals surface area contributed by atoms with E-state index in [-0.39, 0.29) is 18.8 Å². The molecule has 0 aromatic carbocycles. The van der Waals surface area contributed by atoms with Gasteiger partial charge in [-0.25, -0.2) is 8.78 Å². The smallest absolute Gasteiger partial charge is 0.251 e. The van der Waals surface area contributed by atoms with Gasteiger partial charge in [0.15, 0.2) is 0 Å². The maximum atomic E-state index is 12.0. The summed E-state index contributed by atoms with van der Waals surface area (Å²) in [4.78, 5) is 1.75. The van der Waals surface area contributed by atoms with Gasteiger partial charge in [-0.05, 0) is 13.8 Å². The Kier molecular flexibility index (Phi) is 3.40. The quantitative estimate of drug-likeness (QED) is 0.634. The van der Waals surface area contributed by atoms with Gasteiger partial charge >= 0.3 is 0 Å². The van der Waals surface area contributed by atoms with Crippen molar-refractivity contribution in [2.75, 3.05) is 19.6 Å².